The molecule has 1 unspecified atom stereocenters. The molecule has 1 fully saturated rings. The van der Waals surface area contributed by atoms with Crippen LogP contribution >= 0.6 is 0 Å². The summed E-state index contributed by atoms with van der Waals surface area (Å²) in [5.41, 5.74) is 2.74. The summed E-state index contributed by atoms with van der Waals surface area (Å²) in [5.74, 6) is 0.383. The van der Waals surface area contributed by atoms with E-state index in [4.69, 9.17) is 4.74 Å². The van der Waals surface area contributed by atoms with Crippen LogP contribution in [0.4, 0.5) is 0 Å². The highest BCUT2D eigenvalue weighted by Crippen LogP contribution is 2.22. The third-order valence-electron chi connectivity index (χ3n) is 2.38. The molecule has 0 spiro atoms. The smallest absolute Gasteiger partial charge is 0.306 e. The molecule has 1 rings (SSSR count). The summed E-state index contributed by atoms with van der Waals surface area (Å²) in [6.07, 6.45) is 1.61. The minimum absolute atomic E-state index is 0.0402. The second kappa shape index (κ2) is 3.74. The standard InChI is InChI=1S/C10H16O2/c1-7(2)8(3)4-9-5-10(11)12-6-9/h9H,4-6H2,1-3H3. The summed E-state index contributed by atoms with van der Waals surface area (Å²) in [7, 11) is 0. The third kappa shape index (κ3) is 2.36. The van der Waals surface area contributed by atoms with Crippen LogP contribution < -0.4 is 0 Å². The van der Waals surface area contributed by atoms with Gasteiger partial charge in [0, 0.05) is 5.92 Å². The van der Waals surface area contributed by atoms with Crippen molar-refractivity contribution in [3.05, 3.63) is 11.1 Å². The highest BCUT2D eigenvalue weighted by molar-refractivity contribution is 5.71. The van der Waals surface area contributed by atoms with Gasteiger partial charge in [0.05, 0.1) is 13.0 Å². The normalized spacial score (nSPS) is 22.2. The van der Waals surface area contributed by atoms with Crippen LogP contribution in [0.2, 0.25) is 0 Å². The topological polar surface area (TPSA) is 26.3 Å². The molecule has 12 heavy (non-hydrogen) atoms. The second-order valence-electron chi connectivity index (χ2n) is 3.74. The first-order valence-corrected chi connectivity index (χ1v) is 4.38. The molecule has 1 aliphatic heterocycles. The number of hydrogen-bond donors (Lipinski definition) is 0. The Hall–Kier alpha value is -0.790. The van der Waals surface area contributed by atoms with E-state index in [-0.39, 0.29) is 5.97 Å². The summed E-state index contributed by atoms with van der Waals surface area (Å²) in [4.78, 5) is 10.8. The number of hydrogen-bond acceptors (Lipinski definition) is 2. The van der Waals surface area contributed by atoms with Crippen LogP contribution in [0.15, 0.2) is 11.1 Å². The van der Waals surface area contributed by atoms with Crippen molar-refractivity contribution in [2.24, 2.45) is 5.92 Å². The van der Waals surface area contributed by atoms with Gasteiger partial charge < -0.3 is 4.74 Å². The molecule has 0 N–H and O–H groups in total. The predicted molar refractivity (Wildman–Crippen MR) is 47.7 cm³/mol. The van der Waals surface area contributed by atoms with Gasteiger partial charge >= 0.3 is 5.97 Å². The first-order valence-electron chi connectivity index (χ1n) is 4.38. The van der Waals surface area contributed by atoms with Crippen LogP contribution in [0.1, 0.15) is 33.6 Å². The fourth-order valence-corrected chi connectivity index (χ4v) is 1.33. The van der Waals surface area contributed by atoms with Gasteiger partial charge in [0.2, 0.25) is 0 Å². The average molecular weight is 168 g/mol. The van der Waals surface area contributed by atoms with Crippen LogP contribution in [-0.4, -0.2) is 12.6 Å². The van der Waals surface area contributed by atoms with Crippen LogP contribution in [-0.2, 0) is 9.53 Å². The Bertz CT molecular complexity index is 212. The van der Waals surface area contributed by atoms with E-state index in [1.54, 1.807) is 0 Å². The lowest BCUT2D eigenvalue weighted by Gasteiger charge is -2.07. The zero-order valence-electron chi connectivity index (χ0n) is 8.02. The Labute approximate surface area is 73.6 Å². The highest BCUT2D eigenvalue weighted by Gasteiger charge is 2.23. The predicted octanol–water partition coefficient (Wildman–Crippen LogP) is 2.30. The number of ether oxygens (including phenoxy) is 1. The van der Waals surface area contributed by atoms with Crippen LogP contribution in [0.5, 0.6) is 0 Å². The summed E-state index contributed by atoms with van der Waals surface area (Å²) in [5, 5.41) is 0. The minimum Gasteiger partial charge on any atom is -0.465 e. The molecular weight excluding hydrogens is 152 g/mol. The first kappa shape index (κ1) is 9.30. The van der Waals surface area contributed by atoms with Crippen molar-refractivity contribution in [2.75, 3.05) is 6.61 Å². The Kier molecular flexibility index (Phi) is 2.90. The van der Waals surface area contributed by atoms with E-state index in [1.165, 1.54) is 11.1 Å². The van der Waals surface area contributed by atoms with Gasteiger partial charge in [0.25, 0.3) is 0 Å². The van der Waals surface area contributed by atoms with Gasteiger partial charge in [-0.1, -0.05) is 11.1 Å². The van der Waals surface area contributed by atoms with Crippen molar-refractivity contribution < 1.29 is 9.53 Å². The highest BCUT2D eigenvalue weighted by atomic mass is 16.5. The monoisotopic (exact) mass is 168 g/mol. The fraction of sp³-hybridized carbons (Fsp3) is 0.700. The first-order chi connectivity index (χ1) is 5.59. The number of esters is 1. The zero-order valence-corrected chi connectivity index (χ0v) is 8.02. The van der Waals surface area contributed by atoms with Crippen molar-refractivity contribution in [3.63, 3.8) is 0 Å². The van der Waals surface area contributed by atoms with Crippen molar-refractivity contribution in [3.8, 4) is 0 Å². The number of carbonyl (C=O) groups excluding carboxylic acids is 1. The van der Waals surface area contributed by atoms with E-state index in [9.17, 15) is 4.79 Å². The molecule has 1 atom stereocenters. The molecule has 0 radical (unpaired) electrons. The lowest BCUT2D eigenvalue weighted by molar-refractivity contribution is -0.137. The molecule has 0 aromatic rings. The van der Waals surface area contributed by atoms with Crippen molar-refractivity contribution in [2.45, 2.75) is 33.6 Å². The Balaban J connectivity index is 2.43. The molecule has 0 saturated carbocycles. The van der Waals surface area contributed by atoms with E-state index in [0.29, 0.717) is 18.9 Å². The Morgan fingerprint density at radius 2 is 2.17 bits per heavy atom. The van der Waals surface area contributed by atoms with Gasteiger partial charge in [-0.15, -0.1) is 0 Å². The number of carbonyl (C=O) groups is 1. The molecular formula is C10H16O2. The quantitative estimate of drug-likeness (QED) is 0.467. The summed E-state index contributed by atoms with van der Waals surface area (Å²) >= 11 is 0. The molecule has 0 amide bonds. The van der Waals surface area contributed by atoms with Crippen LogP contribution in [0, 0.1) is 5.92 Å². The molecule has 2 nitrogen and oxygen atoms in total. The van der Waals surface area contributed by atoms with Gasteiger partial charge in [0.15, 0.2) is 0 Å². The Morgan fingerprint density at radius 3 is 2.58 bits per heavy atom. The maximum atomic E-state index is 10.8. The van der Waals surface area contributed by atoms with Gasteiger partial charge in [-0.2, -0.15) is 0 Å². The Morgan fingerprint density at radius 1 is 1.50 bits per heavy atom. The van der Waals surface area contributed by atoms with Crippen molar-refractivity contribution >= 4 is 5.97 Å². The molecule has 1 heterocycles. The van der Waals surface area contributed by atoms with E-state index in [2.05, 4.69) is 20.8 Å². The number of cyclic esters (lactones) is 1. The zero-order chi connectivity index (χ0) is 9.14. The average Bonchev–Trinajstić information content (AvgIpc) is 2.35. The van der Waals surface area contributed by atoms with Crippen molar-refractivity contribution in [1.82, 2.24) is 0 Å². The SMILES string of the molecule is CC(C)=C(C)CC1COC(=O)C1. The molecule has 1 aliphatic rings. The lowest BCUT2D eigenvalue weighted by Crippen LogP contribution is -2.00. The van der Waals surface area contributed by atoms with Crippen LogP contribution in [0.3, 0.4) is 0 Å². The van der Waals surface area contributed by atoms with E-state index < -0.39 is 0 Å². The van der Waals surface area contributed by atoms with E-state index >= 15 is 0 Å². The fourth-order valence-electron chi connectivity index (χ4n) is 1.33. The lowest BCUT2D eigenvalue weighted by atomic mass is 9.97. The molecule has 0 aliphatic carbocycles. The second-order valence-corrected chi connectivity index (χ2v) is 3.74. The largest absolute Gasteiger partial charge is 0.465 e. The van der Waals surface area contributed by atoms with Gasteiger partial charge in [-0.3, -0.25) is 4.79 Å². The molecule has 68 valence electrons. The maximum Gasteiger partial charge on any atom is 0.306 e. The number of rotatable bonds is 2. The van der Waals surface area contributed by atoms with E-state index in [1.807, 2.05) is 0 Å². The van der Waals surface area contributed by atoms with Gasteiger partial charge in [-0.25, -0.2) is 0 Å². The van der Waals surface area contributed by atoms with Gasteiger partial charge in [0.1, 0.15) is 0 Å². The van der Waals surface area contributed by atoms with Gasteiger partial charge in [-0.05, 0) is 27.2 Å². The third-order valence-corrected chi connectivity index (χ3v) is 2.38. The summed E-state index contributed by atoms with van der Waals surface area (Å²) in [6.45, 7) is 6.95. The molecule has 2 heteroatoms. The van der Waals surface area contributed by atoms with Crippen molar-refractivity contribution in [1.29, 1.82) is 0 Å². The molecule has 1 saturated heterocycles. The van der Waals surface area contributed by atoms with E-state index in [0.717, 1.165) is 6.42 Å². The molecule has 0 aromatic heterocycles. The molecule has 0 bridgehead atoms. The summed E-state index contributed by atoms with van der Waals surface area (Å²) < 4.78 is 4.88. The maximum absolute atomic E-state index is 10.8. The summed E-state index contributed by atoms with van der Waals surface area (Å²) in [6, 6.07) is 0. The minimum atomic E-state index is -0.0402. The molecule has 0 aromatic carbocycles. The number of allylic oxidation sites excluding steroid dienone is 2. The van der Waals surface area contributed by atoms with Crippen LogP contribution in [0.25, 0.3) is 0 Å².